The molecule has 0 N–H and O–H groups in total. The first kappa shape index (κ1) is 15.8. The fourth-order valence-corrected chi connectivity index (χ4v) is 3.24. The zero-order valence-electron chi connectivity index (χ0n) is 13.0. The van der Waals surface area contributed by atoms with Crippen LogP contribution in [0.4, 0.5) is 0 Å². The van der Waals surface area contributed by atoms with E-state index in [1.807, 2.05) is 12.1 Å². The first-order valence-corrected chi connectivity index (χ1v) is 8.17. The summed E-state index contributed by atoms with van der Waals surface area (Å²) in [4.78, 5) is 11.1. The number of rotatable bonds is 6. The Labute approximate surface area is 129 Å². The molecule has 2 heteroatoms. The summed E-state index contributed by atoms with van der Waals surface area (Å²) in [6.07, 6.45) is 10.6. The fraction of sp³-hybridized carbons (Fsp3) is 0.526. The van der Waals surface area contributed by atoms with Crippen LogP contribution in [0.5, 0.6) is 5.75 Å². The van der Waals surface area contributed by atoms with Crippen molar-refractivity contribution in [1.82, 2.24) is 0 Å². The minimum absolute atomic E-state index is 0. The van der Waals surface area contributed by atoms with Crippen LogP contribution >= 0.6 is 0 Å². The highest BCUT2D eigenvalue weighted by atomic mass is 16.5. The number of esters is 1. The maximum atomic E-state index is 11.1. The van der Waals surface area contributed by atoms with Crippen LogP contribution in [-0.2, 0) is 4.79 Å². The van der Waals surface area contributed by atoms with Gasteiger partial charge in [0.25, 0.3) is 0 Å². The molecule has 2 nitrogen and oxygen atoms in total. The lowest BCUT2D eigenvalue weighted by molar-refractivity contribution is -0.128. The topological polar surface area (TPSA) is 26.3 Å². The van der Waals surface area contributed by atoms with Gasteiger partial charge in [0, 0.05) is 7.50 Å². The Morgan fingerprint density at radius 3 is 2.52 bits per heavy atom. The lowest BCUT2D eigenvalue weighted by Gasteiger charge is -2.28. The summed E-state index contributed by atoms with van der Waals surface area (Å²) in [5.74, 6) is 1.81. The minimum atomic E-state index is -0.404. The molecule has 0 unspecified atom stereocenters. The number of benzene rings is 1. The first-order valence-electron chi connectivity index (χ1n) is 8.17. The number of carbonyl (C=O) groups excluding carboxylic acids is 1. The van der Waals surface area contributed by atoms with E-state index in [1.165, 1.54) is 56.6 Å². The smallest absolute Gasteiger partial charge is 0.335 e. The van der Waals surface area contributed by atoms with Crippen LogP contribution in [0.25, 0.3) is 0 Å². The molecule has 0 amide bonds. The van der Waals surface area contributed by atoms with Crippen LogP contribution in [0.15, 0.2) is 36.9 Å². The molecule has 1 aliphatic rings. The minimum Gasteiger partial charge on any atom is -0.423 e. The molecule has 0 atom stereocenters. The molecule has 21 heavy (non-hydrogen) atoms. The summed E-state index contributed by atoms with van der Waals surface area (Å²) >= 11 is 0. The fourth-order valence-electron chi connectivity index (χ4n) is 3.24. The van der Waals surface area contributed by atoms with E-state index in [2.05, 4.69) is 25.6 Å². The average Bonchev–Trinajstić information content (AvgIpc) is 2.54. The summed E-state index contributed by atoms with van der Waals surface area (Å²) in [5, 5.41) is 0. The molecular formula is C19H28O2. The van der Waals surface area contributed by atoms with E-state index in [4.69, 9.17) is 4.74 Å². The van der Waals surface area contributed by atoms with Gasteiger partial charge in [0.15, 0.2) is 0 Å². The Morgan fingerprint density at radius 2 is 1.95 bits per heavy atom. The summed E-state index contributed by atoms with van der Waals surface area (Å²) in [5.41, 5.74) is 1.38. The predicted octanol–water partition coefficient (Wildman–Crippen LogP) is 5.49. The van der Waals surface area contributed by atoms with Crippen LogP contribution in [0.1, 0.15) is 64.8 Å². The van der Waals surface area contributed by atoms with Crippen molar-refractivity contribution < 1.29 is 11.0 Å². The maximum absolute atomic E-state index is 11.1. The molecule has 116 valence electrons. The summed E-state index contributed by atoms with van der Waals surface area (Å²) in [6, 6.07) is 7.98. The van der Waals surface area contributed by atoms with Crippen molar-refractivity contribution in [3.63, 3.8) is 0 Å². The molecule has 0 aromatic heterocycles. The molecule has 1 aromatic rings. The van der Waals surface area contributed by atoms with Gasteiger partial charge in [-0.25, -0.2) is 4.79 Å². The Kier molecular flexibility index (Phi) is 6.04. The van der Waals surface area contributed by atoms with Gasteiger partial charge in [-0.05, 0) is 55.2 Å². The SMILES string of the molecule is C=CC(=O)Oc1ccc(C2CCC(CCCC)CC2)cc1.[HH]. The van der Waals surface area contributed by atoms with Gasteiger partial charge in [-0.15, -0.1) is 0 Å². The lowest BCUT2D eigenvalue weighted by atomic mass is 9.77. The van der Waals surface area contributed by atoms with E-state index in [9.17, 15) is 4.79 Å². The van der Waals surface area contributed by atoms with Crippen LogP contribution in [0, 0.1) is 5.92 Å². The second kappa shape index (κ2) is 8.02. The normalized spacial score (nSPS) is 21.8. The molecule has 0 bridgehead atoms. The third kappa shape index (κ3) is 4.73. The lowest BCUT2D eigenvalue weighted by Crippen LogP contribution is -2.13. The van der Waals surface area contributed by atoms with Crippen molar-refractivity contribution in [2.75, 3.05) is 0 Å². The third-order valence-electron chi connectivity index (χ3n) is 4.55. The van der Waals surface area contributed by atoms with E-state index in [1.54, 1.807) is 0 Å². The highest BCUT2D eigenvalue weighted by Gasteiger charge is 2.21. The Morgan fingerprint density at radius 1 is 1.29 bits per heavy atom. The van der Waals surface area contributed by atoms with Gasteiger partial charge in [0.05, 0.1) is 0 Å². The molecule has 1 saturated carbocycles. The van der Waals surface area contributed by atoms with Gasteiger partial charge in [-0.1, -0.05) is 44.9 Å². The van der Waals surface area contributed by atoms with Gasteiger partial charge >= 0.3 is 5.97 Å². The monoisotopic (exact) mass is 288 g/mol. The number of ether oxygens (including phenoxy) is 1. The van der Waals surface area contributed by atoms with Crippen molar-refractivity contribution in [3.8, 4) is 5.75 Å². The average molecular weight is 288 g/mol. The van der Waals surface area contributed by atoms with Crippen LogP contribution < -0.4 is 4.74 Å². The Balaban J connectivity index is 0.00000242. The molecular weight excluding hydrogens is 260 g/mol. The van der Waals surface area contributed by atoms with Crippen molar-refractivity contribution in [2.24, 2.45) is 5.92 Å². The van der Waals surface area contributed by atoms with Gasteiger partial charge in [-0.3, -0.25) is 0 Å². The summed E-state index contributed by atoms with van der Waals surface area (Å²) < 4.78 is 5.11. The van der Waals surface area contributed by atoms with Gasteiger partial charge in [-0.2, -0.15) is 0 Å². The second-order valence-electron chi connectivity index (χ2n) is 6.05. The van der Waals surface area contributed by atoms with Crippen molar-refractivity contribution >= 4 is 5.97 Å². The van der Waals surface area contributed by atoms with E-state index >= 15 is 0 Å². The zero-order chi connectivity index (χ0) is 15.1. The maximum Gasteiger partial charge on any atom is 0.335 e. The van der Waals surface area contributed by atoms with Crippen LogP contribution in [0.2, 0.25) is 0 Å². The predicted molar refractivity (Wildman–Crippen MR) is 88.6 cm³/mol. The molecule has 0 aliphatic heterocycles. The highest BCUT2D eigenvalue weighted by molar-refractivity contribution is 5.83. The second-order valence-corrected chi connectivity index (χ2v) is 6.05. The molecule has 0 saturated heterocycles. The quantitative estimate of drug-likeness (QED) is 0.393. The summed E-state index contributed by atoms with van der Waals surface area (Å²) in [7, 11) is 0. The van der Waals surface area contributed by atoms with Gasteiger partial charge in [0.2, 0.25) is 0 Å². The van der Waals surface area contributed by atoms with Crippen molar-refractivity contribution in [3.05, 3.63) is 42.5 Å². The molecule has 1 aliphatic carbocycles. The Hall–Kier alpha value is -1.57. The first-order chi connectivity index (χ1) is 10.2. The van der Waals surface area contributed by atoms with Crippen molar-refractivity contribution in [2.45, 2.75) is 57.8 Å². The van der Waals surface area contributed by atoms with E-state index < -0.39 is 5.97 Å². The Bertz CT molecular complexity index is 459. The largest absolute Gasteiger partial charge is 0.423 e. The summed E-state index contributed by atoms with van der Waals surface area (Å²) in [6.45, 7) is 5.67. The number of carbonyl (C=O) groups is 1. The van der Waals surface area contributed by atoms with Crippen LogP contribution in [-0.4, -0.2) is 5.97 Å². The van der Waals surface area contributed by atoms with E-state index in [-0.39, 0.29) is 1.43 Å². The van der Waals surface area contributed by atoms with Gasteiger partial charge < -0.3 is 4.74 Å². The molecule has 0 heterocycles. The third-order valence-corrected chi connectivity index (χ3v) is 4.55. The van der Waals surface area contributed by atoms with Crippen LogP contribution in [0.3, 0.4) is 0 Å². The van der Waals surface area contributed by atoms with E-state index in [0.29, 0.717) is 11.7 Å². The van der Waals surface area contributed by atoms with E-state index in [0.717, 1.165) is 5.92 Å². The zero-order valence-corrected chi connectivity index (χ0v) is 13.0. The molecule has 0 radical (unpaired) electrons. The van der Waals surface area contributed by atoms with Gasteiger partial charge in [0.1, 0.15) is 5.75 Å². The highest BCUT2D eigenvalue weighted by Crippen LogP contribution is 2.38. The standard InChI is InChI=1S/C19H26O2.H2/c1-3-5-6-15-7-9-16(10-8-15)17-11-13-18(14-12-17)21-19(20)4-2;/h4,11-16H,2-3,5-10H2,1H3;1H. The number of hydrogen-bond donors (Lipinski definition) is 0. The van der Waals surface area contributed by atoms with Crippen molar-refractivity contribution in [1.29, 1.82) is 0 Å². The number of hydrogen-bond acceptors (Lipinski definition) is 2. The molecule has 1 fully saturated rings. The number of unbranched alkanes of at least 4 members (excludes halogenated alkanes) is 1. The molecule has 0 spiro atoms. The molecule has 2 rings (SSSR count). The molecule has 1 aromatic carbocycles.